The van der Waals surface area contributed by atoms with Crippen LogP contribution < -0.4 is 5.32 Å². The van der Waals surface area contributed by atoms with Gasteiger partial charge in [0.05, 0.1) is 0 Å². The van der Waals surface area contributed by atoms with Crippen molar-refractivity contribution in [3.05, 3.63) is 53.9 Å². The van der Waals surface area contributed by atoms with Crippen molar-refractivity contribution in [2.45, 2.75) is 50.6 Å². The van der Waals surface area contributed by atoms with E-state index < -0.39 is 18.1 Å². The van der Waals surface area contributed by atoms with Gasteiger partial charge in [-0.05, 0) is 55.7 Å². The Kier molecular flexibility index (Phi) is 5.16. The normalized spacial score (nSPS) is 18.8. The number of amides is 1. The zero-order valence-electron chi connectivity index (χ0n) is 14.3. The SMILES string of the molecule is CC(C(=O)NC(CC1CCCc2ccccc21)C(=O)O)n1cccn1. The third-order valence-electron chi connectivity index (χ3n) is 4.93. The van der Waals surface area contributed by atoms with Crippen LogP contribution in [0.4, 0.5) is 0 Å². The number of rotatable bonds is 6. The molecule has 3 unspecified atom stereocenters. The molecule has 1 aliphatic carbocycles. The topological polar surface area (TPSA) is 84.2 Å². The number of aliphatic carboxylic acids is 1. The zero-order valence-corrected chi connectivity index (χ0v) is 14.3. The van der Waals surface area contributed by atoms with Crippen LogP contribution >= 0.6 is 0 Å². The van der Waals surface area contributed by atoms with Gasteiger partial charge in [-0.15, -0.1) is 0 Å². The number of nitrogens with zero attached hydrogens (tertiary/aromatic N) is 2. The number of carbonyl (C=O) groups is 2. The molecule has 0 aliphatic heterocycles. The van der Waals surface area contributed by atoms with Crippen LogP contribution in [0.5, 0.6) is 0 Å². The second kappa shape index (κ2) is 7.51. The van der Waals surface area contributed by atoms with Crippen molar-refractivity contribution in [1.82, 2.24) is 15.1 Å². The molecule has 0 radical (unpaired) electrons. The molecule has 3 rings (SSSR count). The van der Waals surface area contributed by atoms with Crippen molar-refractivity contribution in [3.8, 4) is 0 Å². The lowest BCUT2D eigenvalue weighted by Crippen LogP contribution is -2.44. The quantitative estimate of drug-likeness (QED) is 0.845. The first-order valence-corrected chi connectivity index (χ1v) is 8.66. The number of nitrogens with one attached hydrogen (secondary N) is 1. The van der Waals surface area contributed by atoms with Gasteiger partial charge in [0.1, 0.15) is 12.1 Å². The number of carboxylic acids is 1. The van der Waals surface area contributed by atoms with E-state index in [2.05, 4.69) is 22.5 Å². The van der Waals surface area contributed by atoms with Crippen molar-refractivity contribution >= 4 is 11.9 Å². The third kappa shape index (κ3) is 3.90. The fourth-order valence-corrected chi connectivity index (χ4v) is 3.53. The highest BCUT2D eigenvalue weighted by atomic mass is 16.4. The van der Waals surface area contributed by atoms with E-state index >= 15 is 0 Å². The highest BCUT2D eigenvalue weighted by molar-refractivity contribution is 5.85. The Bertz CT molecular complexity index is 742. The second-order valence-electron chi connectivity index (χ2n) is 6.59. The van der Waals surface area contributed by atoms with E-state index in [9.17, 15) is 14.7 Å². The van der Waals surface area contributed by atoms with Gasteiger partial charge in [0.2, 0.25) is 5.91 Å². The summed E-state index contributed by atoms with van der Waals surface area (Å²) >= 11 is 0. The first-order valence-electron chi connectivity index (χ1n) is 8.66. The number of benzene rings is 1. The molecule has 1 aromatic carbocycles. The van der Waals surface area contributed by atoms with Crippen LogP contribution in [0.1, 0.15) is 49.3 Å². The molecular formula is C19H23N3O3. The maximum Gasteiger partial charge on any atom is 0.326 e. The Balaban J connectivity index is 1.70. The molecule has 0 spiro atoms. The number of hydrogen-bond donors (Lipinski definition) is 2. The minimum atomic E-state index is -0.996. The summed E-state index contributed by atoms with van der Waals surface area (Å²) in [4.78, 5) is 24.1. The maximum atomic E-state index is 12.4. The van der Waals surface area contributed by atoms with Crippen LogP contribution in [0.2, 0.25) is 0 Å². The summed E-state index contributed by atoms with van der Waals surface area (Å²) in [5.74, 6) is -1.17. The highest BCUT2D eigenvalue weighted by Crippen LogP contribution is 2.34. The summed E-state index contributed by atoms with van der Waals surface area (Å²) in [5, 5.41) is 16.3. The first kappa shape index (κ1) is 17.2. The Hall–Kier alpha value is -2.63. The standard InChI is InChI=1S/C19H23N3O3/c1-13(22-11-5-10-20-22)18(23)21-17(19(24)25)12-15-8-4-7-14-6-2-3-9-16(14)15/h2-3,5-6,9-11,13,15,17H,4,7-8,12H2,1H3,(H,21,23)(H,24,25). The van der Waals surface area contributed by atoms with Gasteiger partial charge in [-0.2, -0.15) is 5.10 Å². The first-order chi connectivity index (χ1) is 12.1. The Morgan fingerprint density at radius 2 is 2.16 bits per heavy atom. The third-order valence-corrected chi connectivity index (χ3v) is 4.93. The molecular weight excluding hydrogens is 318 g/mol. The smallest absolute Gasteiger partial charge is 0.326 e. The minimum Gasteiger partial charge on any atom is -0.480 e. The summed E-state index contributed by atoms with van der Waals surface area (Å²) < 4.78 is 1.52. The van der Waals surface area contributed by atoms with Crippen molar-refractivity contribution < 1.29 is 14.7 Å². The van der Waals surface area contributed by atoms with Gasteiger partial charge >= 0.3 is 5.97 Å². The van der Waals surface area contributed by atoms with E-state index in [0.717, 1.165) is 19.3 Å². The van der Waals surface area contributed by atoms with Crippen molar-refractivity contribution in [2.24, 2.45) is 0 Å². The average molecular weight is 341 g/mol. The highest BCUT2D eigenvalue weighted by Gasteiger charge is 2.29. The van der Waals surface area contributed by atoms with Crippen LogP contribution in [-0.2, 0) is 16.0 Å². The van der Waals surface area contributed by atoms with Crippen LogP contribution in [0, 0.1) is 0 Å². The molecule has 1 amide bonds. The summed E-state index contributed by atoms with van der Waals surface area (Å²) in [7, 11) is 0. The van der Waals surface area contributed by atoms with Gasteiger partial charge in [-0.1, -0.05) is 24.3 Å². The van der Waals surface area contributed by atoms with Crippen LogP contribution in [0.3, 0.4) is 0 Å². The lowest BCUT2D eigenvalue weighted by molar-refractivity contribution is -0.142. The Labute approximate surface area is 146 Å². The van der Waals surface area contributed by atoms with Crippen LogP contribution in [0.15, 0.2) is 42.7 Å². The van der Waals surface area contributed by atoms with Crippen molar-refractivity contribution in [1.29, 1.82) is 0 Å². The molecule has 132 valence electrons. The number of hydrogen-bond acceptors (Lipinski definition) is 3. The molecule has 0 fully saturated rings. The molecule has 1 aliphatic rings. The fraction of sp³-hybridized carbons (Fsp3) is 0.421. The zero-order chi connectivity index (χ0) is 17.8. The molecule has 2 aromatic rings. The van der Waals surface area contributed by atoms with Gasteiger partial charge in [-0.3, -0.25) is 9.48 Å². The van der Waals surface area contributed by atoms with Crippen molar-refractivity contribution in [3.63, 3.8) is 0 Å². The molecule has 1 aromatic heterocycles. The van der Waals surface area contributed by atoms with Gasteiger partial charge < -0.3 is 10.4 Å². The predicted molar refractivity (Wildman–Crippen MR) is 93.2 cm³/mol. The minimum absolute atomic E-state index is 0.159. The molecule has 25 heavy (non-hydrogen) atoms. The number of carboxylic acid groups (broad SMARTS) is 1. The fourth-order valence-electron chi connectivity index (χ4n) is 3.53. The average Bonchev–Trinajstić information content (AvgIpc) is 3.15. The lowest BCUT2D eigenvalue weighted by Gasteiger charge is -2.28. The Morgan fingerprint density at radius 1 is 1.36 bits per heavy atom. The number of carbonyl (C=O) groups excluding carboxylic acids is 1. The number of aromatic nitrogens is 2. The monoisotopic (exact) mass is 341 g/mol. The van der Waals surface area contributed by atoms with E-state index in [1.165, 1.54) is 15.8 Å². The summed E-state index contributed by atoms with van der Waals surface area (Å²) in [6, 6.07) is 8.48. The van der Waals surface area contributed by atoms with E-state index in [4.69, 9.17) is 0 Å². The molecule has 6 nitrogen and oxygen atoms in total. The molecule has 3 atom stereocenters. The van der Waals surface area contributed by atoms with Crippen LogP contribution in [-0.4, -0.2) is 32.8 Å². The van der Waals surface area contributed by atoms with E-state index in [0.29, 0.717) is 6.42 Å². The van der Waals surface area contributed by atoms with Crippen molar-refractivity contribution in [2.75, 3.05) is 0 Å². The summed E-state index contributed by atoms with van der Waals surface area (Å²) in [6.45, 7) is 1.71. The second-order valence-corrected chi connectivity index (χ2v) is 6.59. The number of fused-ring (bicyclic) bond motifs is 1. The summed E-state index contributed by atoms with van der Waals surface area (Å²) in [6.07, 6.45) is 6.73. The largest absolute Gasteiger partial charge is 0.480 e. The van der Waals surface area contributed by atoms with Gasteiger partial charge in [-0.25, -0.2) is 4.79 Å². The van der Waals surface area contributed by atoms with Gasteiger partial charge in [0.25, 0.3) is 0 Å². The lowest BCUT2D eigenvalue weighted by atomic mass is 9.79. The van der Waals surface area contributed by atoms with E-state index in [-0.39, 0.29) is 11.8 Å². The summed E-state index contributed by atoms with van der Waals surface area (Å²) in [5.41, 5.74) is 2.51. The molecule has 0 bridgehead atoms. The van der Waals surface area contributed by atoms with Crippen LogP contribution in [0.25, 0.3) is 0 Å². The Morgan fingerprint density at radius 3 is 2.88 bits per heavy atom. The molecule has 0 saturated carbocycles. The predicted octanol–water partition coefficient (Wildman–Crippen LogP) is 2.52. The van der Waals surface area contributed by atoms with Gasteiger partial charge in [0, 0.05) is 12.4 Å². The van der Waals surface area contributed by atoms with E-state index in [1.807, 2.05) is 12.1 Å². The molecule has 1 heterocycles. The molecule has 6 heteroatoms. The van der Waals surface area contributed by atoms with E-state index in [1.54, 1.807) is 25.4 Å². The molecule has 0 saturated heterocycles. The maximum absolute atomic E-state index is 12.4. The molecule has 2 N–H and O–H groups in total. The van der Waals surface area contributed by atoms with Gasteiger partial charge in [0.15, 0.2) is 0 Å². The number of aryl methyl sites for hydroxylation is 1.